The Labute approximate surface area is 128 Å². The van der Waals surface area contributed by atoms with Crippen LogP contribution in [0.15, 0.2) is 18.2 Å². The van der Waals surface area contributed by atoms with Gasteiger partial charge in [-0.2, -0.15) is 0 Å². The quantitative estimate of drug-likeness (QED) is 0.748. The molecule has 0 heterocycles. The van der Waals surface area contributed by atoms with Crippen molar-refractivity contribution in [2.45, 2.75) is 39.8 Å². The van der Waals surface area contributed by atoms with Crippen LogP contribution < -0.4 is 5.73 Å². The van der Waals surface area contributed by atoms with E-state index >= 15 is 0 Å². The second kappa shape index (κ2) is 8.35. The van der Waals surface area contributed by atoms with Crippen molar-refractivity contribution in [1.82, 2.24) is 4.90 Å². The fourth-order valence-corrected chi connectivity index (χ4v) is 2.29. The normalized spacial score (nSPS) is 12.7. The van der Waals surface area contributed by atoms with Gasteiger partial charge >= 0.3 is 0 Å². The molecule has 1 aromatic carbocycles. The number of nitrogens with two attached hydrogens (primary N) is 1. The molecule has 4 heteroatoms. The first kappa shape index (κ1) is 17.1. The molecule has 0 aromatic heterocycles. The van der Waals surface area contributed by atoms with Gasteiger partial charge in [0.25, 0.3) is 0 Å². The Bertz CT molecular complexity index is 448. The highest BCUT2D eigenvalue weighted by molar-refractivity contribution is 7.80. The van der Waals surface area contributed by atoms with E-state index in [1.54, 1.807) is 7.11 Å². The van der Waals surface area contributed by atoms with Crippen molar-refractivity contribution in [2.24, 2.45) is 5.73 Å². The van der Waals surface area contributed by atoms with E-state index in [1.807, 2.05) is 6.07 Å². The van der Waals surface area contributed by atoms with Crippen molar-refractivity contribution in [2.75, 3.05) is 20.3 Å². The van der Waals surface area contributed by atoms with Crippen molar-refractivity contribution >= 4 is 17.2 Å². The van der Waals surface area contributed by atoms with Crippen LogP contribution in [0.2, 0.25) is 0 Å². The van der Waals surface area contributed by atoms with E-state index in [2.05, 4.69) is 37.8 Å². The van der Waals surface area contributed by atoms with Gasteiger partial charge in [-0.25, -0.2) is 0 Å². The lowest BCUT2D eigenvalue weighted by Gasteiger charge is -2.28. The van der Waals surface area contributed by atoms with Gasteiger partial charge in [0, 0.05) is 31.8 Å². The molecule has 1 aromatic rings. The zero-order valence-corrected chi connectivity index (χ0v) is 13.8. The molecule has 0 aliphatic rings. The zero-order valence-electron chi connectivity index (χ0n) is 13.0. The lowest BCUT2D eigenvalue weighted by Crippen LogP contribution is -2.35. The number of hydrogen-bond donors (Lipinski definition) is 1. The maximum atomic E-state index is 5.67. The molecule has 2 N–H and O–H groups in total. The third kappa shape index (κ3) is 4.85. The lowest BCUT2D eigenvalue weighted by atomic mass is 10.0. The second-order valence-corrected chi connectivity index (χ2v) is 5.67. The molecule has 0 saturated carbocycles. The van der Waals surface area contributed by atoms with Crippen LogP contribution in [0.1, 0.15) is 37.0 Å². The molecule has 0 fully saturated rings. The van der Waals surface area contributed by atoms with Crippen molar-refractivity contribution < 1.29 is 4.74 Å². The monoisotopic (exact) mass is 294 g/mol. The number of thiocarbonyl (C=S) groups is 1. The molecule has 3 nitrogen and oxygen atoms in total. The molecular formula is C16H26N2OS. The maximum Gasteiger partial charge on any atom is 0.103 e. The Morgan fingerprint density at radius 2 is 2.15 bits per heavy atom. The van der Waals surface area contributed by atoms with Crippen molar-refractivity contribution in [3.8, 4) is 0 Å². The van der Waals surface area contributed by atoms with E-state index in [4.69, 9.17) is 22.7 Å². The fraction of sp³-hybridized carbons (Fsp3) is 0.562. The predicted octanol–water partition coefficient (Wildman–Crippen LogP) is 2.88. The molecule has 1 atom stereocenters. The molecule has 0 saturated heterocycles. The first-order chi connectivity index (χ1) is 9.49. The van der Waals surface area contributed by atoms with Crippen LogP contribution in [-0.4, -0.2) is 36.2 Å². The summed E-state index contributed by atoms with van der Waals surface area (Å²) < 4.78 is 5.21. The first-order valence-corrected chi connectivity index (χ1v) is 7.52. The van der Waals surface area contributed by atoms with E-state index in [-0.39, 0.29) is 0 Å². The molecule has 20 heavy (non-hydrogen) atoms. The fourth-order valence-electron chi connectivity index (χ4n) is 2.17. The Morgan fingerprint density at radius 1 is 1.45 bits per heavy atom. The maximum absolute atomic E-state index is 5.67. The molecule has 0 spiro atoms. The number of methoxy groups -OCH3 is 1. The van der Waals surface area contributed by atoms with Gasteiger partial charge in [-0.05, 0) is 37.5 Å². The molecule has 0 aliphatic carbocycles. The van der Waals surface area contributed by atoms with Crippen molar-refractivity contribution in [1.29, 1.82) is 0 Å². The van der Waals surface area contributed by atoms with Gasteiger partial charge in [-0.3, -0.25) is 4.90 Å². The summed E-state index contributed by atoms with van der Waals surface area (Å²) >= 11 is 5.02. The van der Waals surface area contributed by atoms with E-state index in [0.29, 0.717) is 11.0 Å². The second-order valence-electron chi connectivity index (χ2n) is 5.23. The highest BCUT2D eigenvalue weighted by Crippen LogP contribution is 2.16. The molecular weight excluding hydrogens is 268 g/mol. The number of hydrogen-bond acceptors (Lipinski definition) is 3. The summed E-state index contributed by atoms with van der Waals surface area (Å²) in [6.45, 7) is 9.22. The summed E-state index contributed by atoms with van der Waals surface area (Å²) in [5.74, 6) is 0. The number of benzene rings is 1. The highest BCUT2D eigenvalue weighted by Gasteiger charge is 2.13. The van der Waals surface area contributed by atoms with Crippen LogP contribution in [-0.2, 0) is 11.3 Å². The van der Waals surface area contributed by atoms with E-state index in [1.165, 1.54) is 11.1 Å². The highest BCUT2D eigenvalue weighted by atomic mass is 32.1. The van der Waals surface area contributed by atoms with Crippen LogP contribution in [0.25, 0.3) is 0 Å². The summed E-state index contributed by atoms with van der Waals surface area (Å²) in [6, 6.07) is 6.75. The zero-order chi connectivity index (χ0) is 15.1. The lowest BCUT2D eigenvalue weighted by molar-refractivity contribution is 0.118. The predicted molar refractivity (Wildman–Crippen MR) is 89.1 cm³/mol. The number of aryl methyl sites for hydroxylation is 1. The molecule has 0 amide bonds. The summed E-state index contributed by atoms with van der Waals surface area (Å²) in [6.07, 6.45) is 1.13. The molecule has 0 radical (unpaired) electrons. The Kier molecular flexibility index (Phi) is 7.13. The molecule has 1 rings (SSSR count). The summed E-state index contributed by atoms with van der Waals surface area (Å²) in [4.78, 5) is 2.91. The SMILES string of the molecule is CCC(C)N(CCOC)Cc1ccc(C(N)=S)cc1C. The van der Waals surface area contributed by atoms with Gasteiger partial charge in [0.05, 0.1) is 6.61 Å². The Balaban J connectivity index is 2.84. The summed E-state index contributed by atoms with van der Waals surface area (Å²) in [7, 11) is 1.75. The van der Waals surface area contributed by atoms with Gasteiger partial charge in [0.2, 0.25) is 0 Å². The van der Waals surface area contributed by atoms with Crippen LogP contribution >= 0.6 is 12.2 Å². The number of rotatable bonds is 8. The topological polar surface area (TPSA) is 38.5 Å². The van der Waals surface area contributed by atoms with E-state index < -0.39 is 0 Å². The first-order valence-electron chi connectivity index (χ1n) is 7.11. The van der Waals surface area contributed by atoms with Crippen LogP contribution in [0.5, 0.6) is 0 Å². The third-order valence-corrected chi connectivity index (χ3v) is 4.03. The minimum atomic E-state index is 0.456. The molecule has 112 valence electrons. The average molecular weight is 294 g/mol. The van der Waals surface area contributed by atoms with E-state index in [0.717, 1.165) is 31.7 Å². The van der Waals surface area contributed by atoms with E-state index in [9.17, 15) is 0 Å². The largest absolute Gasteiger partial charge is 0.389 e. The molecule has 0 aliphatic heterocycles. The Hall–Kier alpha value is -0.970. The smallest absolute Gasteiger partial charge is 0.103 e. The number of nitrogens with zero attached hydrogens (tertiary/aromatic N) is 1. The average Bonchev–Trinajstić information content (AvgIpc) is 2.43. The molecule has 0 bridgehead atoms. The standard InChI is InChI=1S/C16H26N2OS/c1-5-13(3)18(8-9-19-4)11-15-7-6-14(16(17)20)10-12(15)2/h6-7,10,13H,5,8-9,11H2,1-4H3,(H2,17,20). The van der Waals surface area contributed by atoms with Crippen molar-refractivity contribution in [3.05, 3.63) is 34.9 Å². The van der Waals surface area contributed by atoms with Gasteiger partial charge in [-0.1, -0.05) is 31.3 Å². The van der Waals surface area contributed by atoms with Gasteiger partial charge in [-0.15, -0.1) is 0 Å². The minimum Gasteiger partial charge on any atom is -0.389 e. The third-order valence-electron chi connectivity index (χ3n) is 3.80. The van der Waals surface area contributed by atoms with Gasteiger partial charge in [0.1, 0.15) is 4.99 Å². The van der Waals surface area contributed by atoms with Crippen molar-refractivity contribution in [3.63, 3.8) is 0 Å². The summed E-state index contributed by atoms with van der Waals surface area (Å²) in [5.41, 5.74) is 9.17. The minimum absolute atomic E-state index is 0.456. The summed E-state index contributed by atoms with van der Waals surface area (Å²) in [5, 5.41) is 0. The van der Waals surface area contributed by atoms with Gasteiger partial charge < -0.3 is 10.5 Å². The van der Waals surface area contributed by atoms with Crippen LogP contribution in [0.3, 0.4) is 0 Å². The van der Waals surface area contributed by atoms with Crippen LogP contribution in [0, 0.1) is 6.92 Å². The van der Waals surface area contributed by atoms with Gasteiger partial charge in [0.15, 0.2) is 0 Å². The molecule has 1 unspecified atom stereocenters. The van der Waals surface area contributed by atoms with Crippen LogP contribution in [0.4, 0.5) is 0 Å². The Morgan fingerprint density at radius 3 is 2.65 bits per heavy atom. The number of ether oxygens (including phenoxy) is 1.